The molecule has 1 unspecified atom stereocenters. The highest BCUT2D eigenvalue weighted by atomic mass is 79.9. The largest absolute Gasteiger partial charge is 0.380 e. The molecule has 1 heterocycles. The van der Waals surface area contributed by atoms with Crippen LogP contribution in [0.5, 0.6) is 0 Å². The molecule has 1 aliphatic rings. The third-order valence-electron chi connectivity index (χ3n) is 2.17. The van der Waals surface area contributed by atoms with Crippen LogP contribution in [-0.2, 0) is 9.53 Å². The van der Waals surface area contributed by atoms with Crippen molar-refractivity contribution in [3.63, 3.8) is 0 Å². The maximum Gasteiger partial charge on any atom is 0.236 e. The lowest BCUT2D eigenvalue weighted by molar-refractivity contribution is -0.133. The van der Waals surface area contributed by atoms with Gasteiger partial charge in [-0.1, -0.05) is 15.9 Å². The summed E-state index contributed by atoms with van der Waals surface area (Å²) in [6.45, 7) is 4.95. The number of nitrogens with zero attached hydrogens (tertiary/aromatic N) is 1. The van der Waals surface area contributed by atoms with Crippen molar-refractivity contribution in [2.45, 2.75) is 24.6 Å². The Balaban J connectivity index is 2.27. The Hall–Kier alpha value is -0.0900. The Labute approximate surface area is 87.6 Å². The molecule has 0 saturated carbocycles. The fourth-order valence-corrected chi connectivity index (χ4v) is 2.05. The summed E-state index contributed by atoms with van der Waals surface area (Å²) in [6, 6.07) is 0. The van der Waals surface area contributed by atoms with Gasteiger partial charge in [0.05, 0.1) is 11.4 Å². The zero-order valence-corrected chi connectivity index (χ0v) is 9.55. The van der Waals surface area contributed by atoms with Crippen molar-refractivity contribution in [1.82, 2.24) is 4.90 Å². The molecule has 1 saturated heterocycles. The molecule has 0 aromatic heterocycles. The molecule has 0 bridgehead atoms. The molecule has 0 aromatic rings. The van der Waals surface area contributed by atoms with Crippen molar-refractivity contribution in [3.05, 3.63) is 0 Å². The van der Waals surface area contributed by atoms with E-state index in [2.05, 4.69) is 15.9 Å². The quantitative estimate of drug-likeness (QED) is 0.557. The number of hydrogen-bond acceptors (Lipinski definition) is 2. The van der Waals surface area contributed by atoms with E-state index >= 15 is 0 Å². The van der Waals surface area contributed by atoms with Crippen LogP contribution in [0.4, 0.5) is 0 Å². The summed E-state index contributed by atoms with van der Waals surface area (Å²) >= 11 is 3.37. The summed E-state index contributed by atoms with van der Waals surface area (Å²) in [5.74, 6) is 0.214. The van der Waals surface area contributed by atoms with Crippen LogP contribution < -0.4 is 0 Å². The SMILES string of the molecule is CCOCCN1CCCC(Br)C1=O. The third-order valence-corrected chi connectivity index (χ3v) is 3.02. The predicted octanol–water partition coefficient (Wildman–Crippen LogP) is 1.41. The van der Waals surface area contributed by atoms with Gasteiger partial charge in [0, 0.05) is 19.7 Å². The number of carbonyl (C=O) groups is 1. The Morgan fingerprint density at radius 3 is 3.15 bits per heavy atom. The van der Waals surface area contributed by atoms with Gasteiger partial charge in [0.15, 0.2) is 0 Å². The van der Waals surface area contributed by atoms with Crippen LogP contribution in [0.15, 0.2) is 0 Å². The number of ether oxygens (including phenoxy) is 1. The van der Waals surface area contributed by atoms with E-state index in [1.165, 1.54) is 0 Å². The molecule has 1 amide bonds. The molecule has 1 aliphatic heterocycles. The number of hydrogen-bond donors (Lipinski definition) is 0. The summed E-state index contributed by atoms with van der Waals surface area (Å²) < 4.78 is 5.21. The van der Waals surface area contributed by atoms with Gasteiger partial charge in [0.25, 0.3) is 0 Å². The average Bonchev–Trinajstić information content (AvgIpc) is 2.13. The molecule has 1 rings (SSSR count). The van der Waals surface area contributed by atoms with Crippen molar-refractivity contribution >= 4 is 21.8 Å². The summed E-state index contributed by atoms with van der Waals surface area (Å²) in [4.78, 5) is 13.4. The monoisotopic (exact) mass is 249 g/mol. The molecular weight excluding hydrogens is 234 g/mol. The lowest BCUT2D eigenvalue weighted by atomic mass is 10.1. The number of piperidine rings is 1. The van der Waals surface area contributed by atoms with Crippen molar-refractivity contribution < 1.29 is 9.53 Å². The first-order chi connectivity index (χ1) is 6.25. The van der Waals surface area contributed by atoms with Crippen molar-refractivity contribution in [2.24, 2.45) is 0 Å². The van der Waals surface area contributed by atoms with Gasteiger partial charge in [-0.2, -0.15) is 0 Å². The molecule has 1 fully saturated rings. The van der Waals surface area contributed by atoms with E-state index in [9.17, 15) is 4.79 Å². The fourth-order valence-electron chi connectivity index (χ4n) is 1.43. The third kappa shape index (κ3) is 3.27. The topological polar surface area (TPSA) is 29.5 Å². The number of amides is 1. The zero-order chi connectivity index (χ0) is 9.68. The van der Waals surface area contributed by atoms with Crippen LogP contribution in [0.2, 0.25) is 0 Å². The molecule has 0 N–H and O–H groups in total. The second kappa shape index (κ2) is 5.60. The summed E-state index contributed by atoms with van der Waals surface area (Å²) in [6.07, 6.45) is 2.05. The normalized spacial score (nSPS) is 23.7. The van der Waals surface area contributed by atoms with Crippen LogP contribution in [0.25, 0.3) is 0 Å². The number of alkyl halides is 1. The minimum atomic E-state index is 0.0304. The highest BCUT2D eigenvalue weighted by Gasteiger charge is 2.25. The molecule has 0 radical (unpaired) electrons. The molecule has 0 spiro atoms. The van der Waals surface area contributed by atoms with Crippen LogP contribution in [0, 0.1) is 0 Å². The van der Waals surface area contributed by atoms with Gasteiger partial charge < -0.3 is 9.64 Å². The van der Waals surface area contributed by atoms with Crippen molar-refractivity contribution in [1.29, 1.82) is 0 Å². The summed E-state index contributed by atoms with van der Waals surface area (Å²) in [5, 5.41) is 0. The van der Waals surface area contributed by atoms with E-state index in [0.29, 0.717) is 6.61 Å². The number of halogens is 1. The lowest BCUT2D eigenvalue weighted by Crippen LogP contribution is -2.43. The molecular formula is C9H16BrNO2. The van der Waals surface area contributed by atoms with Crippen LogP contribution in [0.1, 0.15) is 19.8 Å². The first kappa shape index (κ1) is 11.0. The van der Waals surface area contributed by atoms with E-state index in [4.69, 9.17) is 4.74 Å². The van der Waals surface area contributed by atoms with Gasteiger partial charge in [0.1, 0.15) is 0 Å². The second-order valence-corrected chi connectivity index (χ2v) is 4.24. The fraction of sp³-hybridized carbons (Fsp3) is 0.889. The maximum atomic E-state index is 11.5. The molecule has 0 aromatic carbocycles. The smallest absolute Gasteiger partial charge is 0.236 e. The van der Waals surface area contributed by atoms with Crippen molar-refractivity contribution in [2.75, 3.05) is 26.3 Å². The molecule has 3 nitrogen and oxygen atoms in total. The highest BCUT2D eigenvalue weighted by molar-refractivity contribution is 9.10. The average molecular weight is 250 g/mol. The first-order valence-corrected chi connectivity index (χ1v) is 5.68. The van der Waals surface area contributed by atoms with Crippen molar-refractivity contribution in [3.8, 4) is 0 Å². The molecule has 4 heteroatoms. The standard InChI is InChI=1S/C9H16BrNO2/c1-2-13-7-6-11-5-3-4-8(10)9(11)12/h8H,2-7H2,1H3. The predicted molar refractivity (Wildman–Crippen MR) is 55.0 cm³/mol. The highest BCUT2D eigenvalue weighted by Crippen LogP contribution is 2.17. The van der Waals surface area contributed by atoms with Crippen LogP contribution in [0.3, 0.4) is 0 Å². The second-order valence-electron chi connectivity index (χ2n) is 3.13. The molecule has 0 aliphatic carbocycles. The number of likely N-dealkylation sites (tertiary alicyclic amines) is 1. The van der Waals surface area contributed by atoms with E-state index < -0.39 is 0 Å². The van der Waals surface area contributed by atoms with Crippen LogP contribution >= 0.6 is 15.9 Å². The first-order valence-electron chi connectivity index (χ1n) is 4.76. The Morgan fingerprint density at radius 1 is 1.69 bits per heavy atom. The van der Waals surface area contributed by atoms with Gasteiger partial charge in [-0.3, -0.25) is 4.79 Å². The van der Waals surface area contributed by atoms with E-state index in [1.54, 1.807) is 0 Å². The van der Waals surface area contributed by atoms with Gasteiger partial charge in [-0.25, -0.2) is 0 Å². The maximum absolute atomic E-state index is 11.5. The Morgan fingerprint density at radius 2 is 2.46 bits per heavy atom. The van der Waals surface area contributed by atoms with E-state index in [0.717, 1.165) is 32.5 Å². The minimum Gasteiger partial charge on any atom is -0.380 e. The summed E-state index contributed by atoms with van der Waals surface area (Å²) in [5.41, 5.74) is 0. The zero-order valence-electron chi connectivity index (χ0n) is 7.96. The Kier molecular flexibility index (Phi) is 4.73. The van der Waals surface area contributed by atoms with Crippen LogP contribution in [-0.4, -0.2) is 41.9 Å². The van der Waals surface area contributed by atoms with E-state index in [-0.39, 0.29) is 10.7 Å². The number of carbonyl (C=O) groups excluding carboxylic acids is 1. The van der Waals surface area contributed by atoms with Gasteiger partial charge in [-0.15, -0.1) is 0 Å². The summed E-state index contributed by atoms with van der Waals surface area (Å²) in [7, 11) is 0. The van der Waals surface area contributed by atoms with Gasteiger partial charge in [0.2, 0.25) is 5.91 Å². The van der Waals surface area contributed by atoms with Gasteiger partial charge >= 0.3 is 0 Å². The molecule has 76 valence electrons. The Bertz CT molecular complexity index is 175. The lowest BCUT2D eigenvalue weighted by Gasteiger charge is -2.29. The molecule has 13 heavy (non-hydrogen) atoms. The minimum absolute atomic E-state index is 0.0304. The number of rotatable bonds is 4. The molecule has 1 atom stereocenters. The van der Waals surface area contributed by atoms with Gasteiger partial charge in [-0.05, 0) is 19.8 Å². The van der Waals surface area contributed by atoms with E-state index in [1.807, 2.05) is 11.8 Å².